The maximum atomic E-state index is 12.2. The highest BCUT2D eigenvalue weighted by Gasteiger charge is 2.38. The second-order valence-electron chi connectivity index (χ2n) is 5.84. The molecule has 92 valence electrons. The number of hydrogen-bond acceptors (Lipinski definition) is 2. The Kier molecular flexibility index (Phi) is 3.24. The summed E-state index contributed by atoms with van der Waals surface area (Å²) in [7, 11) is 0. The van der Waals surface area contributed by atoms with Crippen molar-refractivity contribution < 1.29 is 4.79 Å². The summed E-state index contributed by atoms with van der Waals surface area (Å²) in [6.45, 7) is 5.35. The van der Waals surface area contributed by atoms with E-state index in [0.717, 1.165) is 25.8 Å². The zero-order valence-electron chi connectivity index (χ0n) is 10.5. The molecule has 2 unspecified atom stereocenters. The van der Waals surface area contributed by atoms with E-state index >= 15 is 0 Å². The maximum absolute atomic E-state index is 12.2. The fourth-order valence-electron chi connectivity index (χ4n) is 2.90. The molecule has 0 aromatic rings. The van der Waals surface area contributed by atoms with Crippen molar-refractivity contribution in [3.8, 4) is 0 Å². The molecule has 3 heteroatoms. The normalized spacial score (nSPS) is 33.3. The van der Waals surface area contributed by atoms with Crippen LogP contribution in [0.1, 0.15) is 52.4 Å². The average molecular weight is 224 g/mol. The lowest BCUT2D eigenvalue weighted by atomic mass is 9.75. The van der Waals surface area contributed by atoms with E-state index < -0.39 is 0 Å². The van der Waals surface area contributed by atoms with Gasteiger partial charge in [-0.25, -0.2) is 0 Å². The molecule has 0 spiro atoms. The molecule has 16 heavy (non-hydrogen) atoms. The Balaban J connectivity index is 1.93. The van der Waals surface area contributed by atoms with Gasteiger partial charge in [0, 0.05) is 24.5 Å². The highest BCUT2D eigenvalue weighted by Crippen LogP contribution is 2.33. The van der Waals surface area contributed by atoms with Crippen molar-refractivity contribution in [2.24, 2.45) is 11.7 Å². The molecule has 1 aliphatic heterocycles. The first-order valence-electron chi connectivity index (χ1n) is 6.60. The van der Waals surface area contributed by atoms with Crippen LogP contribution in [0.15, 0.2) is 0 Å². The van der Waals surface area contributed by atoms with Gasteiger partial charge in [0.15, 0.2) is 0 Å². The number of carbonyl (C=O) groups is 1. The van der Waals surface area contributed by atoms with Crippen molar-refractivity contribution in [2.75, 3.05) is 6.54 Å². The first-order valence-corrected chi connectivity index (χ1v) is 6.60. The van der Waals surface area contributed by atoms with Gasteiger partial charge >= 0.3 is 0 Å². The second kappa shape index (κ2) is 4.36. The van der Waals surface area contributed by atoms with Gasteiger partial charge in [-0.2, -0.15) is 0 Å². The Morgan fingerprint density at radius 3 is 2.62 bits per heavy atom. The van der Waals surface area contributed by atoms with E-state index in [0.29, 0.717) is 18.4 Å². The molecule has 0 aromatic carbocycles. The van der Waals surface area contributed by atoms with E-state index in [1.54, 1.807) is 0 Å². The van der Waals surface area contributed by atoms with Gasteiger partial charge in [-0.05, 0) is 44.9 Å². The van der Waals surface area contributed by atoms with Crippen molar-refractivity contribution in [3.63, 3.8) is 0 Å². The summed E-state index contributed by atoms with van der Waals surface area (Å²) in [5, 5.41) is 0. The second-order valence-corrected chi connectivity index (χ2v) is 5.84. The minimum absolute atomic E-state index is 0.169. The molecule has 1 heterocycles. The number of carbonyl (C=O) groups excluding carboxylic acids is 1. The molecule has 1 aliphatic carbocycles. The van der Waals surface area contributed by atoms with Crippen molar-refractivity contribution in [2.45, 2.75) is 64.0 Å². The first kappa shape index (κ1) is 11.9. The number of nitrogens with two attached hydrogens (primary N) is 1. The zero-order chi connectivity index (χ0) is 11.8. The van der Waals surface area contributed by atoms with Crippen molar-refractivity contribution >= 4 is 5.91 Å². The van der Waals surface area contributed by atoms with Gasteiger partial charge in [0.05, 0.1) is 0 Å². The van der Waals surface area contributed by atoms with E-state index in [1.165, 1.54) is 12.8 Å². The van der Waals surface area contributed by atoms with Gasteiger partial charge in [-0.15, -0.1) is 0 Å². The molecule has 2 fully saturated rings. The summed E-state index contributed by atoms with van der Waals surface area (Å²) in [4.78, 5) is 14.3. The van der Waals surface area contributed by atoms with Gasteiger partial charge in [0.25, 0.3) is 0 Å². The lowest BCUT2D eigenvalue weighted by Gasteiger charge is -2.42. The quantitative estimate of drug-likeness (QED) is 0.778. The lowest BCUT2D eigenvalue weighted by molar-refractivity contribution is -0.137. The van der Waals surface area contributed by atoms with Crippen molar-refractivity contribution in [1.82, 2.24) is 4.90 Å². The molecule has 3 nitrogen and oxygen atoms in total. The van der Waals surface area contributed by atoms with E-state index in [9.17, 15) is 4.79 Å². The monoisotopic (exact) mass is 224 g/mol. The highest BCUT2D eigenvalue weighted by atomic mass is 16.2. The smallest absolute Gasteiger partial charge is 0.224 e. The van der Waals surface area contributed by atoms with Gasteiger partial charge in [0.1, 0.15) is 0 Å². The Bertz CT molecular complexity index is 273. The van der Waals surface area contributed by atoms with E-state index in [4.69, 9.17) is 5.73 Å². The first-order chi connectivity index (χ1) is 7.52. The summed E-state index contributed by atoms with van der Waals surface area (Å²) in [6, 6.07) is 0.393. The maximum Gasteiger partial charge on any atom is 0.224 e. The zero-order valence-corrected chi connectivity index (χ0v) is 10.5. The molecule has 2 atom stereocenters. The lowest BCUT2D eigenvalue weighted by Crippen LogP contribution is -2.53. The fourth-order valence-corrected chi connectivity index (χ4v) is 2.90. The fraction of sp³-hybridized carbons (Fsp3) is 0.923. The molecule has 0 radical (unpaired) electrons. The highest BCUT2D eigenvalue weighted by molar-refractivity contribution is 5.78. The Morgan fingerprint density at radius 2 is 2.06 bits per heavy atom. The van der Waals surface area contributed by atoms with Gasteiger partial charge in [0.2, 0.25) is 5.91 Å². The Hall–Kier alpha value is -0.570. The minimum atomic E-state index is -0.169. The van der Waals surface area contributed by atoms with Gasteiger partial charge in [-0.3, -0.25) is 4.79 Å². The van der Waals surface area contributed by atoms with Gasteiger partial charge in [-0.1, -0.05) is 6.92 Å². The molecule has 2 rings (SSSR count). The van der Waals surface area contributed by atoms with E-state index in [1.807, 2.05) is 0 Å². The summed E-state index contributed by atoms with van der Waals surface area (Å²) >= 11 is 0. The molecule has 1 saturated carbocycles. The minimum Gasteiger partial charge on any atom is -0.340 e. The van der Waals surface area contributed by atoms with Crippen LogP contribution >= 0.6 is 0 Å². The molecule has 2 N–H and O–H groups in total. The molecule has 0 bridgehead atoms. The van der Waals surface area contributed by atoms with Crippen LogP contribution in [0.25, 0.3) is 0 Å². The summed E-state index contributed by atoms with van der Waals surface area (Å²) < 4.78 is 0. The Labute approximate surface area is 98.4 Å². The van der Waals surface area contributed by atoms with Crippen LogP contribution < -0.4 is 5.73 Å². The van der Waals surface area contributed by atoms with Crippen LogP contribution in [0.5, 0.6) is 0 Å². The molecule has 2 aliphatic rings. The third-order valence-corrected chi connectivity index (χ3v) is 4.55. The average Bonchev–Trinajstić information content (AvgIpc) is 2.19. The molecular formula is C13H24N2O. The summed E-state index contributed by atoms with van der Waals surface area (Å²) in [5.41, 5.74) is 5.97. The number of rotatable bonds is 2. The number of piperidine rings is 1. The number of nitrogens with zero attached hydrogens (tertiary/aromatic N) is 1. The van der Waals surface area contributed by atoms with Crippen LogP contribution in [0, 0.1) is 5.92 Å². The van der Waals surface area contributed by atoms with E-state index in [-0.39, 0.29) is 11.4 Å². The molecule has 1 amide bonds. The third-order valence-electron chi connectivity index (χ3n) is 4.55. The van der Waals surface area contributed by atoms with E-state index in [2.05, 4.69) is 18.7 Å². The Morgan fingerprint density at radius 1 is 1.38 bits per heavy atom. The standard InChI is InChI=1S/C13H24N2O/c1-10-5-3-8-15(11(10)2)12(16)9-13(14)6-4-7-13/h10-11H,3-9,14H2,1-2H3. The summed E-state index contributed by atoms with van der Waals surface area (Å²) in [5.74, 6) is 0.911. The largest absolute Gasteiger partial charge is 0.340 e. The van der Waals surface area contributed by atoms with Crippen molar-refractivity contribution in [1.29, 1.82) is 0 Å². The van der Waals surface area contributed by atoms with Crippen molar-refractivity contribution in [3.05, 3.63) is 0 Å². The predicted molar refractivity (Wildman–Crippen MR) is 65.0 cm³/mol. The topological polar surface area (TPSA) is 46.3 Å². The molecular weight excluding hydrogens is 200 g/mol. The van der Waals surface area contributed by atoms with Crippen LogP contribution in [0.2, 0.25) is 0 Å². The number of likely N-dealkylation sites (tertiary alicyclic amines) is 1. The predicted octanol–water partition coefficient (Wildman–Crippen LogP) is 1.90. The van der Waals surface area contributed by atoms with Crippen LogP contribution in [-0.4, -0.2) is 28.9 Å². The number of hydrogen-bond donors (Lipinski definition) is 1. The summed E-state index contributed by atoms with van der Waals surface area (Å²) in [6.07, 6.45) is 6.19. The van der Waals surface area contributed by atoms with Crippen LogP contribution in [0.4, 0.5) is 0 Å². The van der Waals surface area contributed by atoms with Crippen LogP contribution in [-0.2, 0) is 4.79 Å². The SMILES string of the molecule is CC1CCCN(C(=O)CC2(N)CCC2)C1C. The van der Waals surface area contributed by atoms with Crippen LogP contribution in [0.3, 0.4) is 0 Å². The molecule has 0 aromatic heterocycles. The third kappa shape index (κ3) is 2.24. The number of amides is 1. The van der Waals surface area contributed by atoms with Gasteiger partial charge < -0.3 is 10.6 Å². The molecule has 1 saturated heterocycles.